The van der Waals surface area contributed by atoms with Crippen LogP contribution in [0.3, 0.4) is 0 Å². The Labute approximate surface area is 97.2 Å². The maximum absolute atomic E-state index is 12.1. The molecule has 2 fully saturated rings. The molecule has 4 unspecified atom stereocenters. The van der Waals surface area contributed by atoms with Crippen LogP contribution in [0.5, 0.6) is 0 Å². The van der Waals surface area contributed by atoms with Gasteiger partial charge in [0, 0.05) is 6.54 Å². The molecule has 4 atom stereocenters. The van der Waals surface area contributed by atoms with Crippen molar-refractivity contribution in [3.8, 4) is 0 Å². The van der Waals surface area contributed by atoms with Gasteiger partial charge in [0.25, 0.3) is 0 Å². The highest BCUT2D eigenvalue weighted by Crippen LogP contribution is 2.48. The standard InChI is InChI=1S/C9H14F3NO3S/c10-9(11,12)17(15,16)13-4-7-2-6-1-5(7)3-8(6)14/h5-8,13-14H,1-4H2. The molecular weight excluding hydrogens is 259 g/mol. The highest BCUT2D eigenvalue weighted by molar-refractivity contribution is 7.90. The molecule has 0 aromatic rings. The molecule has 4 nitrogen and oxygen atoms in total. The van der Waals surface area contributed by atoms with Crippen LogP contribution in [-0.2, 0) is 10.0 Å². The summed E-state index contributed by atoms with van der Waals surface area (Å²) in [7, 11) is -5.23. The van der Waals surface area contributed by atoms with E-state index < -0.39 is 15.5 Å². The second-order valence-corrected chi connectivity index (χ2v) is 6.61. The molecule has 2 rings (SSSR count). The van der Waals surface area contributed by atoms with Gasteiger partial charge in [0.15, 0.2) is 0 Å². The summed E-state index contributed by atoms with van der Waals surface area (Å²) >= 11 is 0. The minimum atomic E-state index is -5.25. The van der Waals surface area contributed by atoms with Gasteiger partial charge in [0.05, 0.1) is 6.10 Å². The van der Waals surface area contributed by atoms with E-state index in [2.05, 4.69) is 0 Å². The van der Waals surface area contributed by atoms with E-state index in [0.717, 1.165) is 6.42 Å². The molecule has 17 heavy (non-hydrogen) atoms. The van der Waals surface area contributed by atoms with Crippen molar-refractivity contribution in [3.05, 3.63) is 0 Å². The van der Waals surface area contributed by atoms with Crippen molar-refractivity contribution in [2.75, 3.05) is 6.54 Å². The second kappa shape index (κ2) is 4.10. The lowest BCUT2D eigenvalue weighted by Gasteiger charge is -2.25. The van der Waals surface area contributed by atoms with Gasteiger partial charge in [0.1, 0.15) is 0 Å². The van der Waals surface area contributed by atoms with Crippen LogP contribution in [0.1, 0.15) is 19.3 Å². The Morgan fingerprint density at radius 3 is 2.24 bits per heavy atom. The smallest absolute Gasteiger partial charge is 0.393 e. The van der Waals surface area contributed by atoms with Gasteiger partial charge in [-0.05, 0) is 37.0 Å². The number of aliphatic hydroxyl groups excluding tert-OH is 1. The van der Waals surface area contributed by atoms with Gasteiger partial charge in [-0.1, -0.05) is 0 Å². The Kier molecular flexibility index (Phi) is 3.16. The molecule has 100 valence electrons. The first-order valence-corrected chi connectivity index (χ1v) is 6.93. The van der Waals surface area contributed by atoms with Crippen molar-refractivity contribution in [1.29, 1.82) is 0 Å². The normalized spacial score (nSPS) is 37.6. The van der Waals surface area contributed by atoms with Crippen LogP contribution >= 0.6 is 0 Å². The van der Waals surface area contributed by atoms with E-state index in [1.54, 1.807) is 4.72 Å². The maximum atomic E-state index is 12.1. The number of fused-ring (bicyclic) bond motifs is 2. The number of sulfonamides is 1. The molecule has 0 saturated heterocycles. The van der Waals surface area contributed by atoms with Crippen LogP contribution < -0.4 is 4.72 Å². The summed E-state index contributed by atoms with van der Waals surface area (Å²) in [6, 6.07) is 0. The molecule has 0 aromatic heterocycles. The molecule has 2 saturated carbocycles. The Hall–Kier alpha value is -0.340. The summed E-state index contributed by atoms with van der Waals surface area (Å²) in [4.78, 5) is 0. The van der Waals surface area contributed by atoms with E-state index in [0.29, 0.717) is 12.8 Å². The first-order chi connectivity index (χ1) is 7.71. The average molecular weight is 273 g/mol. The third-order valence-corrected chi connectivity index (χ3v) is 4.96. The highest BCUT2D eigenvalue weighted by atomic mass is 32.2. The molecule has 2 aliphatic rings. The molecule has 0 aliphatic heterocycles. The zero-order valence-electron chi connectivity index (χ0n) is 8.94. The summed E-state index contributed by atoms with van der Waals surface area (Å²) in [5, 5.41) is 9.48. The minimum Gasteiger partial charge on any atom is -0.393 e. The average Bonchev–Trinajstić information content (AvgIpc) is 2.71. The lowest BCUT2D eigenvalue weighted by molar-refractivity contribution is -0.0449. The fraction of sp³-hybridized carbons (Fsp3) is 1.00. The van der Waals surface area contributed by atoms with E-state index in [4.69, 9.17) is 0 Å². The summed E-state index contributed by atoms with van der Waals surface area (Å²) in [5.41, 5.74) is -5.25. The number of hydrogen-bond acceptors (Lipinski definition) is 3. The van der Waals surface area contributed by atoms with Crippen LogP contribution in [0.25, 0.3) is 0 Å². The van der Waals surface area contributed by atoms with Crippen LogP contribution in [0, 0.1) is 17.8 Å². The molecule has 0 amide bonds. The third-order valence-electron chi connectivity index (χ3n) is 3.81. The summed E-state index contributed by atoms with van der Waals surface area (Å²) in [6.07, 6.45) is 1.60. The zero-order chi connectivity index (χ0) is 12.8. The highest BCUT2D eigenvalue weighted by Gasteiger charge is 2.48. The van der Waals surface area contributed by atoms with E-state index in [1.165, 1.54) is 0 Å². The number of aliphatic hydroxyl groups is 1. The Morgan fingerprint density at radius 1 is 1.18 bits per heavy atom. The van der Waals surface area contributed by atoms with Crippen molar-refractivity contribution < 1.29 is 26.7 Å². The molecule has 0 spiro atoms. The summed E-state index contributed by atoms with van der Waals surface area (Å²) in [5.74, 6) is 0.187. The molecule has 0 aromatic carbocycles. The van der Waals surface area contributed by atoms with Crippen LogP contribution in [0.15, 0.2) is 0 Å². The van der Waals surface area contributed by atoms with Gasteiger partial charge in [-0.15, -0.1) is 0 Å². The molecular formula is C9H14F3NO3S. The van der Waals surface area contributed by atoms with Gasteiger partial charge in [-0.3, -0.25) is 0 Å². The lowest BCUT2D eigenvalue weighted by atomic mass is 9.87. The monoisotopic (exact) mass is 273 g/mol. The largest absolute Gasteiger partial charge is 0.511 e. The lowest BCUT2D eigenvalue weighted by Crippen LogP contribution is -2.40. The van der Waals surface area contributed by atoms with Gasteiger partial charge in [-0.2, -0.15) is 13.2 Å². The topological polar surface area (TPSA) is 66.4 Å². The first-order valence-electron chi connectivity index (χ1n) is 5.44. The van der Waals surface area contributed by atoms with Gasteiger partial charge >= 0.3 is 15.5 Å². The quantitative estimate of drug-likeness (QED) is 0.800. The van der Waals surface area contributed by atoms with E-state index in [1.807, 2.05) is 0 Å². The summed E-state index contributed by atoms with van der Waals surface area (Å²) < 4.78 is 59.4. The van der Waals surface area contributed by atoms with Gasteiger partial charge in [-0.25, -0.2) is 13.1 Å². The number of hydrogen-bond donors (Lipinski definition) is 2. The fourth-order valence-electron chi connectivity index (χ4n) is 2.91. The van der Waals surface area contributed by atoms with Crippen LogP contribution in [0.2, 0.25) is 0 Å². The molecule has 2 bridgehead atoms. The second-order valence-electron chi connectivity index (χ2n) is 4.85. The van der Waals surface area contributed by atoms with Gasteiger partial charge in [0.2, 0.25) is 0 Å². The predicted molar refractivity (Wildman–Crippen MR) is 53.3 cm³/mol. The van der Waals surface area contributed by atoms with Gasteiger partial charge < -0.3 is 5.11 Å². The van der Waals surface area contributed by atoms with Crippen LogP contribution in [-0.4, -0.2) is 31.7 Å². The number of alkyl halides is 3. The minimum absolute atomic E-state index is 0.0828. The number of rotatable bonds is 3. The number of nitrogens with one attached hydrogen (secondary N) is 1. The van der Waals surface area contributed by atoms with Crippen molar-refractivity contribution in [3.63, 3.8) is 0 Å². The molecule has 2 N–H and O–H groups in total. The molecule has 8 heteroatoms. The Morgan fingerprint density at radius 2 is 1.82 bits per heavy atom. The molecule has 0 heterocycles. The fourth-order valence-corrected chi connectivity index (χ4v) is 3.51. The summed E-state index contributed by atoms with van der Waals surface area (Å²) in [6.45, 7) is -0.185. The molecule has 2 aliphatic carbocycles. The van der Waals surface area contributed by atoms with Crippen molar-refractivity contribution in [2.24, 2.45) is 17.8 Å². The third kappa shape index (κ3) is 2.43. The van der Waals surface area contributed by atoms with Crippen molar-refractivity contribution in [2.45, 2.75) is 30.9 Å². The Bertz CT molecular complexity index is 393. The zero-order valence-corrected chi connectivity index (χ0v) is 9.76. The Balaban J connectivity index is 1.89. The molecule has 0 radical (unpaired) electrons. The van der Waals surface area contributed by atoms with Crippen LogP contribution in [0.4, 0.5) is 13.2 Å². The van der Waals surface area contributed by atoms with E-state index in [-0.39, 0.29) is 30.4 Å². The number of halogens is 3. The first kappa shape index (κ1) is 13.1. The van der Waals surface area contributed by atoms with E-state index in [9.17, 15) is 26.7 Å². The maximum Gasteiger partial charge on any atom is 0.511 e. The van der Waals surface area contributed by atoms with E-state index >= 15 is 0 Å². The SMILES string of the molecule is O=S(=O)(NCC1CC2CC1CC2O)C(F)(F)F. The van der Waals surface area contributed by atoms with Crippen molar-refractivity contribution in [1.82, 2.24) is 4.72 Å². The predicted octanol–water partition coefficient (Wildman–Crippen LogP) is 0.833. The van der Waals surface area contributed by atoms with Crippen molar-refractivity contribution >= 4 is 10.0 Å².